The summed E-state index contributed by atoms with van der Waals surface area (Å²) in [4.78, 5) is 0. The third-order valence-electron chi connectivity index (χ3n) is 3.91. The van der Waals surface area contributed by atoms with Gasteiger partial charge in [-0.1, -0.05) is 12.1 Å². The molecule has 0 saturated heterocycles. The molecular formula is C20H47NO4Si2. The quantitative estimate of drug-likeness (QED) is 0.305. The molecule has 164 valence electrons. The summed E-state index contributed by atoms with van der Waals surface area (Å²) in [5, 5.41) is 3.82. The molecule has 0 aromatic carbocycles. The van der Waals surface area contributed by atoms with Crippen LogP contribution in [0, 0.1) is 0 Å². The van der Waals surface area contributed by atoms with Gasteiger partial charge in [0.2, 0.25) is 0 Å². The average Bonchev–Trinajstić information content (AvgIpc) is 2.50. The van der Waals surface area contributed by atoms with Crippen molar-refractivity contribution in [3.8, 4) is 0 Å². The summed E-state index contributed by atoms with van der Waals surface area (Å²) in [7, 11) is 2.34. The summed E-state index contributed by atoms with van der Waals surface area (Å²) in [6.45, 7) is 16.5. The lowest BCUT2D eigenvalue weighted by atomic mass is 10.1. The van der Waals surface area contributed by atoms with E-state index in [4.69, 9.17) is 18.9 Å². The first-order valence-electron chi connectivity index (χ1n) is 11.0. The summed E-state index contributed by atoms with van der Waals surface area (Å²) in [6.07, 6.45) is 2.08. The lowest BCUT2D eigenvalue weighted by molar-refractivity contribution is -0.215. The van der Waals surface area contributed by atoms with E-state index < -0.39 is 0 Å². The molecular weight excluding hydrogens is 374 g/mol. The van der Waals surface area contributed by atoms with Crippen molar-refractivity contribution in [2.45, 2.75) is 129 Å². The smallest absolute Gasteiger partial charge is 0.173 e. The average molecular weight is 422 g/mol. The van der Waals surface area contributed by atoms with Gasteiger partial charge in [0, 0.05) is 20.5 Å². The van der Waals surface area contributed by atoms with E-state index in [2.05, 4.69) is 60.7 Å². The van der Waals surface area contributed by atoms with E-state index in [1.807, 2.05) is 0 Å². The number of nitrogens with one attached hydrogen (secondary N) is 1. The van der Waals surface area contributed by atoms with Gasteiger partial charge in [0.1, 0.15) is 0 Å². The van der Waals surface area contributed by atoms with Crippen molar-refractivity contribution in [2.24, 2.45) is 0 Å². The first kappa shape index (κ1) is 27.2. The number of hydrogen-bond acceptors (Lipinski definition) is 5. The first-order valence-corrected chi connectivity index (χ1v) is 13.8. The molecule has 0 aliphatic carbocycles. The van der Waals surface area contributed by atoms with Gasteiger partial charge in [-0.05, 0) is 68.2 Å². The molecule has 2 atom stereocenters. The van der Waals surface area contributed by atoms with Crippen LogP contribution in [-0.2, 0) is 18.9 Å². The lowest BCUT2D eigenvalue weighted by Crippen LogP contribution is -2.54. The van der Waals surface area contributed by atoms with E-state index in [0.29, 0.717) is 0 Å². The molecule has 0 aliphatic heterocycles. The molecule has 0 aromatic rings. The van der Waals surface area contributed by atoms with Gasteiger partial charge >= 0.3 is 0 Å². The van der Waals surface area contributed by atoms with Crippen LogP contribution in [0.3, 0.4) is 0 Å². The molecule has 0 radical (unpaired) electrons. The first-order chi connectivity index (χ1) is 12.6. The van der Waals surface area contributed by atoms with Crippen LogP contribution >= 0.6 is 0 Å². The molecule has 0 rings (SSSR count). The zero-order valence-electron chi connectivity index (χ0n) is 19.6. The fourth-order valence-electron chi connectivity index (χ4n) is 3.01. The Labute approximate surface area is 174 Å². The van der Waals surface area contributed by atoms with Crippen LogP contribution in [0.4, 0.5) is 0 Å². The van der Waals surface area contributed by atoms with Crippen LogP contribution in [0.25, 0.3) is 0 Å². The van der Waals surface area contributed by atoms with Gasteiger partial charge in [0.05, 0.1) is 36.5 Å². The predicted molar refractivity (Wildman–Crippen MR) is 122 cm³/mol. The van der Waals surface area contributed by atoms with Gasteiger partial charge in [-0.3, -0.25) is 0 Å². The number of hydrogen-bond donors (Lipinski definition) is 1. The third kappa shape index (κ3) is 13.1. The molecule has 0 fully saturated rings. The van der Waals surface area contributed by atoms with Gasteiger partial charge < -0.3 is 24.3 Å². The third-order valence-corrected chi connectivity index (χ3v) is 5.06. The molecule has 0 aromatic heterocycles. The Kier molecular flexibility index (Phi) is 15.3. The van der Waals surface area contributed by atoms with Crippen molar-refractivity contribution in [1.82, 2.24) is 5.32 Å². The second-order valence-corrected chi connectivity index (χ2v) is 10.4. The molecule has 0 amide bonds. The van der Waals surface area contributed by atoms with Crippen molar-refractivity contribution < 1.29 is 18.9 Å². The number of ether oxygens (including phenoxy) is 4. The van der Waals surface area contributed by atoms with Crippen molar-refractivity contribution in [3.63, 3.8) is 0 Å². The molecule has 1 N–H and O–H groups in total. The number of rotatable bonds is 16. The predicted octanol–water partition coefficient (Wildman–Crippen LogP) is 2.01. The molecule has 0 saturated carbocycles. The largest absolute Gasteiger partial charge is 0.348 e. The van der Waals surface area contributed by atoms with E-state index in [9.17, 15) is 0 Å². The van der Waals surface area contributed by atoms with Crippen LogP contribution < -0.4 is 5.32 Å². The van der Waals surface area contributed by atoms with Crippen LogP contribution in [0.15, 0.2) is 0 Å². The Morgan fingerprint density at radius 2 is 0.815 bits per heavy atom. The minimum absolute atomic E-state index is 0.124. The summed E-state index contributed by atoms with van der Waals surface area (Å²) in [5.41, 5.74) is 0. The van der Waals surface area contributed by atoms with Crippen LogP contribution in [-0.4, -0.2) is 69.6 Å². The summed E-state index contributed by atoms with van der Waals surface area (Å²) in [6, 6.07) is 2.68. The van der Waals surface area contributed by atoms with Gasteiger partial charge in [-0.25, -0.2) is 0 Å². The van der Waals surface area contributed by atoms with Crippen molar-refractivity contribution in [2.75, 3.05) is 0 Å². The van der Waals surface area contributed by atoms with Crippen molar-refractivity contribution >= 4 is 20.5 Å². The Morgan fingerprint density at radius 3 is 1.00 bits per heavy atom. The zero-order valence-corrected chi connectivity index (χ0v) is 23.6. The molecule has 2 unspecified atom stereocenters. The van der Waals surface area contributed by atoms with Gasteiger partial charge in [0.25, 0.3) is 0 Å². The molecule has 5 nitrogen and oxygen atoms in total. The SMILES string of the molecule is CC(C)OC(OC(C)C)C(CC[SiH3])NC(CC[SiH3])C(OC(C)C)OC(C)C. The maximum absolute atomic E-state index is 6.15. The fourth-order valence-corrected chi connectivity index (χ4v) is 4.25. The Morgan fingerprint density at radius 1 is 0.556 bits per heavy atom. The molecule has 0 heterocycles. The molecule has 27 heavy (non-hydrogen) atoms. The highest BCUT2D eigenvalue weighted by Gasteiger charge is 2.31. The zero-order chi connectivity index (χ0) is 21.0. The standard InChI is InChI=1S/C20H47NO4Si2/c1-13(2)22-19(23-14(3)4)17(9-11-26)21-18(10-12-27)20(24-15(5)6)25-16(7)8/h13-21H,9-12H2,1-8,26-27H3. The fraction of sp³-hybridized carbons (Fsp3) is 1.00. The van der Waals surface area contributed by atoms with Crippen LogP contribution in [0.2, 0.25) is 12.1 Å². The normalized spacial score (nSPS) is 15.3. The van der Waals surface area contributed by atoms with E-state index in [0.717, 1.165) is 12.8 Å². The van der Waals surface area contributed by atoms with E-state index in [-0.39, 0.29) is 49.1 Å². The van der Waals surface area contributed by atoms with Crippen molar-refractivity contribution in [3.05, 3.63) is 0 Å². The second-order valence-electron chi connectivity index (χ2n) is 8.43. The maximum Gasteiger partial charge on any atom is 0.173 e. The summed E-state index contributed by atoms with van der Waals surface area (Å²) >= 11 is 0. The maximum atomic E-state index is 6.15. The van der Waals surface area contributed by atoms with Crippen molar-refractivity contribution in [1.29, 1.82) is 0 Å². The molecule has 0 spiro atoms. The lowest BCUT2D eigenvalue weighted by Gasteiger charge is -2.37. The minimum atomic E-state index is -0.255. The highest BCUT2D eigenvalue weighted by molar-refractivity contribution is 6.08. The van der Waals surface area contributed by atoms with Gasteiger partial charge in [-0.15, -0.1) is 0 Å². The Balaban J connectivity index is 5.45. The van der Waals surface area contributed by atoms with E-state index >= 15 is 0 Å². The summed E-state index contributed by atoms with van der Waals surface area (Å²) < 4.78 is 24.6. The Bertz CT molecular complexity index is 305. The van der Waals surface area contributed by atoms with Gasteiger partial charge in [-0.2, -0.15) is 0 Å². The molecule has 0 bridgehead atoms. The van der Waals surface area contributed by atoms with Crippen LogP contribution in [0.1, 0.15) is 68.2 Å². The topological polar surface area (TPSA) is 49.0 Å². The van der Waals surface area contributed by atoms with E-state index in [1.54, 1.807) is 0 Å². The molecule has 7 heteroatoms. The molecule has 0 aliphatic rings. The monoisotopic (exact) mass is 421 g/mol. The Hall–Kier alpha value is 0.234. The highest BCUT2D eigenvalue weighted by atomic mass is 28.1. The highest BCUT2D eigenvalue weighted by Crippen LogP contribution is 2.18. The van der Waals surface area contributed by atoms with Crippen LogP contribution in [0.5, 0.6) is 0 Å². The second kappa shape index (κ2) is 15.1. The van der Waals surface area contributed by atoms with E-state index in [1.165, 1.54) is 32.6 Å². The van der Waals surface area contributed by atoms with Gasteiger partial charge in [0.15, 0.2) is 12.6 Å². The summed E-state index contributed by atoms with van der Waals surface area (Å²) in [5.74, 6) is 0. The minimum Gasteiger partial charge on any atom is -0.348 e.